The Kier molecular flexibility index (Phi) is 5.64. The van der Waals surface area contributed by atoms with E-state index in [0.29, 0.717) is 43.4 Å². The molecular formula is C21H21F3N4OS. The van der Waals surface area contributed by atoms with Gasteiger partial charge in [-0.05, 0) is 44.0 Å². The number of thiazole rings is 1. The first-order chi connectivity index (χ1) is 14.4. The van der Waals surface area contributed by atoms with Crippen LogP contribution in [0.2, 0.25) is 0 Å². The van der Waals surface area contributed by atoms with Gasteiger partial charge in [0.05, 0.1) is 15.8 Å². The van der Waals surface area contributed by atoms with Crippen molar-refractivity contribution in [2.75, 3.05) is 29.4 Å². The van der Waals surface area contributed by atoms with Gasteiger partial charge in [-0.1, -0.05) is 23.5 Å². The zero-order chi connectivity index (χ0) is 21.3. The molecule has 4 rings (SSSR count). The Morgan fingerprint density at radius 2 is 1.93 bits per heavy atom. The lowest BCUT2D eigenvalue weighted by Gasteiger charge is -2.34. The summed E-state index contributed by atoms with van der Waals surface area (Å²) in [6.45, 7) is 3.63. The number of alkyl halides is 3. The molecule has 1 aliphatic rings. The maximum absolute atomic E-state index is 13.1. The first-order valence-electron chi connectivity index (χ1n) is 9.82. The van der Waals surface area contributed by atoms with Gasteiger partial charge < -0.3 is 4.90 Å². The molecule has 5 nitrogen and oxygen atoms in total. The SMILES string of the molecule is CCN(C(=O)C1CCN(c2ccc(C(F)(F)F)cn2)CC1)c1nc2ccccc2s1. The summed E-state index contributed by atoms with van der Waals surface area (Å²) in [5.41, 5.74) is 0.123. The number of hydrogen-bond acceptors (Lipinski definition) is 5. The summed E-state index contributed by atoms with van der Waals surface area (Å²) in [6, 6.07) is 10.2. The van der Waals surface area contributed by atoms with Crippen molar-refractivity contribution in [2.24, 2.45) is 5.92 Å². The predicted molar refractivity (Wildman–Crippen MR) is 112 cm³/mol. The van der Waals surface area contributed by atoms with E-state index in [1.165, 1.54) is 17.4 Å². The van der Waals surface area contributed by atoms with Crippen molar-refractivity contribution in [3.63, 3.8) is 0 Å². The number of pyridine rings is 1. The summed E-state index contributed by atoms with van der Waals surface area (Å²) in [5, 5.41) is 0.704. The number of piperidine rings is 1. The molecule has 1 amide bonds. The van der Waals surface area contributed by atoms with E-state index in [1.807, 2.05) is 36.1 Å². The van der Waals surface area contributed by atoms with Crippen molar-refractivity contribution in [2.45, 2.75) is 25.9 Å². The highest BCUT2D eigenvalue weighted by atomic mass is 32.1. The summed E-state index contributed by atoms with van der Waals surface area (Å²) in [7, 11) is 0. The van der Waals surface area contributed by atoms with Gasteiger partial charge in [-0.2, -0.15) is 13.2 Å². The summed E-state index contributed by atoms with van der Waals surface area (Å²) < 4.78 is 39.2. The molecule has 30 heavy (non-hydrogen) atoms. The van der Waals surface area contributed by atoms with E-state index in [9.17, 15) is 18.0 Å². The Balaban J connectivity index is 1.42. The van der Waals surface area contributed by atoms with Gasteiger partial charge in [0.25, 0.3) is 0 Å². The summed E-state index contributed by atoms with van der Waals surface area (Å²) in [5.74, 6) is 0.423. The van der Waals surface area contributed by atoms with Crippen molar-refractivity contribution in [1.82, 2.24) is 9.97 Å². The highest BCUT2D eigenvalue weighted by Crippen LogP contribution is 2.32. The quantitative estimate of drug-likeness (QED) is 0.581. The van der Waals surface area contributed by atoms with Crippen molar-refractivity contribution >= 4 is 38.4 Å². The van der Waals surface area contributed by atoms with Crippen LogP contribution in [0, 0.1) is 5.92 Å². The maximum atomic E-state index is 13.1. The molecule has 0 radical (unpaired) electrons. The molecule has 0 unspecified atom stereocenters. The molecule has 3 heterocycles. The largest absolute Gasteiger partial charge is 0.417 e. The Hall–Kier alpha value is -2.68. The molecule has 9 heteroatoms. The van der Waals surface area contributed by atoms with Crippen LogP contribution < -0.4 is 9.80 Å². The van der Waals surface area contributed by atoms with Crippen LogP contribution in [0.25, 0.3) is 10.2 Å². The molecule has 0 aliphatic carbocycles. The lowest BCUT2D eigenvalue weighted by molar-refractivity contribution is -0.137. The third kappa shape index (κ3) is 4.12. The fraction of sp³-hybridized carbons (Fsp3) is 0.381. The molecule has 0 spiro atoms. The summed E-state index contributed by atoms with van der Waals surface area (Å²) >= 11 is 1.50. The maximum Gasteiger partial charge on any atom is 0.417 e. The lowest BCUT2D eigenvalue weighted by atomic mass is 9.95. The molecule has 3 aromatic rings. The molecule has 0 saturated carbocycles. The molecule has 1 saturated heterocycles. The van der Waals surface area contributed by atoms with E-state index >= 15 is 0 Å². The van der Waals surface area contributed by atoms with Gasteiger partial charge in [0.1, 0.15) is 5.82 Å². The Morgan fingerprint density at radius 3 is 2.53 bits per heavy atom. The zero-order valence-electron chi connectivity index (χ0n) is 16.4. The van der Waals surface area contributed by atoms with Gasteiger partial charge >= 0.3 is 6.18 Å². The number of nitrogens with zero attached hydrogens (tertiary/aromatic N) is 4. The van der Waals surface area contributed by atoms with Gasteiger partial charge in [-0.25, -0.2) is 9.97 Å². The van der Waals surface area contributed by atoms with Crippen LogP contribution in [-0.2, 0) is 11.0 Å². The second kappa shape index (κ2) is 8.22. The van der Waals surface area contributed by atoms with Crippen LogP contribution in [0.15, 0.2) is 42.6 Å². The number of carbonyl (C=O) groups excluding carboxylic acids is 1. The molecule has 1 fully saturated rings. The highest BCUT2D eigenvalue weighted by Gasteiger charge is 2.32. The van der Waals surface area contributed by atoms with Crippen LogP contribution in [0.1, 0.15) is 25.3 Å². The van der Waals surface area contributed by atoms with Crippen LogP contribution in [-0.4, -0.2) is 35.5 Å². The van der Waals surface area contributed by atoms with Gasteiger partial charge in [-0.15, -0.1) is 0 Å². The van der Waals surface area contributed by atoms with E-state index in [4.69, 9.17) is 0 Å². The molecule has 1 aliphatic heterocycles. The minimum Gasteiger partial charge on any atom is -0.357 e. The topological polar surface area (TPSA) is 49.3 Å². The van der Waals surface area contributed by atoms with Crippen molar-refractivity contribution < 1.29 is 18.0 Å². The van der Waals surface area contributed by atoms with E-state index in [-0.39, 0.29) is 11.8 Å². The van der Waals surface area contributed by atoms with E-state index in [0.717, 1.165) is 22.5 Å². The number of benzene rings is 1. The third-order valence-corrected chi connectivity index (χ3v) is 6.40. The van der Waals surface area contributed by atoms with Gasteiger partial charge in [-0.3, -0.25) is 9.69 Å². The third-order valence-electron chi connectivity index (χ3n) is 5.34. The number of para-hydroxylation sites is 1. The van der Waals surface area contributed by atoms with E-state index < -0.39 is 11.7 Å². The number of amides is 1. The first-order valence-corrected chi connectivity index (χ1v) is 10.6. The molecule has 158 valence electrons. The standard InChI is InChI=1S/C21H21F3N4OS/c1-2-28(20-26-16-5-3-4-6-17(16)30-20)19(29)14-9-11-27(12-10-14)18-8-7-15(13-25-18)21(22,23)24/h3-8,13-14H,2,9-12H2,1H3. The number of fused-ring (bicyclic) bond motifs is 1. The summed E-state index contributed by atoms with van der Waals surface area (Å²) in [4.78, 5) is 25.4. The molecule has 0 N–H and O–H groups in total. The Bertz CT molecular complexity index is 994. The smallest absolute Gasteiger partial charge is 0.357 e. The second-order valence-electron chi connectivity index (χ2n) is 7.21. The van der Waals surface area contributed by atoms with Crippen LogP contribution >= 0.6 is 11.3 Å². The fourth-order valence-corrected chi connectivity index (χ4v) is 4.71. The predicted octanol–water partition coefficient (Wildman–Crippen LogP) is 4.98. The van der Waals surface area contributed by atoms with Gasteiger partial charge in [0.15, 0.2) is 5.13 Å². The molecule has 0 bridgehead atoms. The average molecular weight is 434 g/mol. The number of hydrogen-bond donors (Lipinski definition) is 0. The molecule has 2 aromatic heterocycles. The van der Waals surface area contributed by atoms with E-state index in [1.54, 1.807) is 4.90 Å². The normalized spacial score (nSPS) is 15.5. The lowest BCUT2D eigenvalue weighted by Crippen LogP contribution is -2.43. The number of halogens is 3. The highest BCUT2D eigenvalue weighted by molar-refractivity contribution is 7.22. The molecular weight excluding hydrogens is 413 g/mol. The Labute approximate surface area is 176 Å². The monoisotopic (exact) mass is 434 g/mol. The van der Waals surface area contributed by atoms with Crippen LogP contribution in [0.5, 0.6) is 0 Å². The average Bonchev–Trinajstić information content (AvgIpc) is 3.17. The van der Waals surface area contributed by atoms with Crippen LogP contribution in [0.3, 0.4) is 0 Å². The second-order valence-corrected chi connectivity index (χ2v) is 8.22. The molecule has 0 atom stereocenters. The first kappa shape index (κ1) is 20.6. The number of anilines is 2. The summed E-state index contributed by atoms with van der Waals surface area (Å²) in [6.07, 6.45) is -2.28. The van der Waals surface area contributed by atoms with Gasteiger partial charge in [0, 0.05) is 31.7 Å². The fourth-order valence-electron chi connectivity index (χ4n) is 3.68. The van der Waals surface area contributed by atoms with Crippen molar-refractivity contribution in [1.29, 1.82) is 0 Å². The van der Waals surface area contributed by atoms with Crippen molar-refractivity contribution in [3.8, 4) is 0 Å². The van der Waals surface area contributed by atoms with Crippen molar-refractivity contribution in [3.05, 3.63) is 48.2 Å². The van der Waals surface area contributed by atoms with Crippen LogP contribution in [0.4, 0.5) is 24.1 Å². The minimum atomic E-state index is -4.39. The molecule has 1 aromatic carbocycles. The zero-order valence-corrected chi connectivity index (χ0v) is 17.2. The number of carbonyl (C=O) groups is 1. The van der Waals surface area contributed by atoms with E-state index in [2.05, 4.69) is 9.97 Å². The Morgan fingerprint density at radius 1 is 1.20 bits per heavy atom. The van der Waals surface area contributed by atoms with Gasteiger partial charge in [0.2, 0.25) is 5.91 Å². The number of aromatic nitrogens is 2. The number of rotatable bonds is 4. The minimum absolute atomic E-state index is 0.0524.